The average Bonchev–Trinajstić information content (AvgIpc) is 2.98. The number of amides is 3. The number of ether oxygens (including phenoxy) is 1. The number of imide groups is 1. The van der Waals surface area contributed by atoms with Crippen LogP contribution in [-0.2, 0) is 14.3 Å². The summed E-state index contributed by atoms with van der Waals surface area (Å²) < 4.78 is 19.6. The lowest BCUT2D eigenvalue weighted by atomic mass is 10.1. The molecule has 0 fully saturated rings. The summed E-state index contributed by atoms with van der Waals surface area (Å²) in [6.45, 7) is 7.52. The van der Waals surface area contributed by atoms with Crippen molar-refractivity contribution in [2.45, 2.75) is 34.1 Å². The van der Waals surface area contributed by atoms with Gasteiger partial charge in [0.05, 0.1) is 11.4 Å². The minimum absolute atomic E-state index is 0.342. The van der Waals surface area contributed by atoms with E-state index in [0.717, 1.165) is 12.1 Å². The topological polar surface area (TPSA) is 102 Å². The number of hydrogen-bond acceptors (Lipinski definition) is 5. The van der Waals surface area contributed by atoms with Gasteiger partial charge in [0, 0.05) is 23.9 Å². The molecule has 0 unspecified atom stereocenters. The summed E-state index contributed by atoms with van der Waals surface area (Å²) in [5.74, 6) is -1.37. The highest BCUT2D eigenvalue weighted by Crippen LogP contribution is 2.19. The predicted molar refractivity (Wildman–Crippen MR) is 114 cm³/mol. The smallest absolute Gasteiger partial charge is 0.331 e. The van der Waals surface area contributed by atoms with Gasteiger partial charge in [0.15, 0.2) is 6.61 Å². The van der Waals surface area contributed by atoms with Gasteiger partial charge in [0.2, 0.25) is 0 Å². The second kappa shape index (κ2) is 11.1. The Kier molecular flexibility index (Phi) is 8.48. The van der Waals surface area contributed by atoms with E-state index >= 15 is 0 Å². The molecule has 0 radical (unpaired) electrons. The Labute approximate surface area is 180 Å². The summed E-state index contributed by atoms with van der Waals surface area (Å²) in [4.78, 5) is 35.2. The molecule has 0 bridgehead atoms. The van der Waals surface area contributed by atoms with Gasteiger partial charge in [-0.25, -0.2) is 18.7 Å². The van der Waals surface area contributed by atoms with Crippen LogP contribution in [0.5, 0.6) is 0 Å². The minimum atomic E-state index is -0.733. The molecule has 9 heteroatoms. The van der Waals surface area contributed by atoms with E-state index in [-0.39, 0.29) is 5.82 Å². The number of aryl methyl sites for hydroxylation is 1. The Morgan fingerprint density at radius 2 is 1.87 bits per heavy atom. The number of halogens is 1. The first-order valence-electron chi connectivity index (χ1n) is 9.92. The van der Waals surface area contributed by atoms with Crippen molar-refractivity contribution in [1.29, 1.82) is 0 Å². The first-order valence-corrected chi connectivity index (χ1v) is 9.92. The highest BCUT2D eigenvalue weighted by atomic mass is 19.1. The molecular formula is C22H27FN4O4. The van der Waals surface area contributed by atoms with E-state index < -0.39 is 24.5 Å². The molecule has 2 N–H and O–H groups in total. The monoisotopic (exact) mass is 430 g/mol. The molecule has 2 rings (SSSR count). The van der Waals surface area contributed by atoms with Gasteiger partial charge in [-0.2, -0.15) is 5.10 Å². The van der Waals surface area contributed by atoms with Crippen molar-refractivity contribution in [3.8, 4) is 5.69 Å². The summed E-state index contributed by atoms with van der Waals surface area (Å²) in [5.41, 5.74) is 2.81. The van der Waals surface area contributed by atoms with Crippen LogP contribution in [0.4, 0.5) is 9.18 Å². The Morgan fingerprint density at radius 3 is 2.52 bits per heavy atom. The van der Waals surface area contributed by atoms with E-state index in [0.29, 0.717) is 29.4 Å². The van der Waals surface area contributed by atoms with Gasteiger partial charge in [-0.15, -0.1) is 0 Å². The highest BCUT2D eigenvalue weighted by Gasteiger charge is 2.13. The molecule has 1 aromatic heterocycles. The molecule has 0 aliphatic heterocycles. The van der Waals surface area contributed by atoms with Crippen LogP contribution in [0.1, 0.15) is 37.2 Å². The van der Waals surface area contributed by atoms with Crippen molar-refractivity contribution in [3.05, 3.63) is 53.1 Å². The van der Waals surface area contributed by atoms with Crippen LogP contribution in [-0.4, -0.2) is 40.8 Å². The fourth-order valence-corrected chi connectivity index (χ4v) is 2.75. The molecule has 31 heavy (non-hydrogen) atoms. The molecule has 0 saturated carbocycles. The lowest BCUT2D eigenvalue weighted by Gasteiger charge is -2.08. The van der Waals surface area contributed by atoms with Crippen molar-refractivity contribution in [2.24, 2.45) is 5.92 Å². The van der Waals surface area contributed by atoms with Gasteiger partial charge in [0.25, 0.3) is 5.91 Å². The normalized spacial score (nSPS) is 11.0. The summed E-state index contributed by atoms with van der Waals surface area (Å²) >= 11 is 0. The lowest BCUT2D eigenvalue weighted by Crippen LogP contribution is -2.41. The third-order valence-electron chi connectivity index (χ3n) is 4.41. The number of rotatable bonds is 8. The van der Waals surface area contributed by atoms with Gasteiger partial charge < -0.3 is 10.1 Å². The molecule has 0 atom stereocenters. The Hall–Kier alpha value is -3.49. The number of esters is 1. The number of urea groups is 1. The largest absolute Gasteiger partial charge is 0.452 e. The quantitative estimate of drug-likeness (QED) is 0.495. The van der Waals surface area contributed by atoms with E-state index in [1.807, 2.05) is 20.8 Å². The van der Waals surface area contributed by atoms with Gasteiger partial charge >= 0.3 is 12.0 Å². The molecule has 166 valence electrons. The maximum Gasteiger partial charge on any atom is 0.331 e. The van der Waals surface area contributed by atoms with E-state index in [9.17, 15) is 18.8 Å². The fraction of sp³-hybridized carbons (Fsp3) is 0.364. The highest BCUT2D eigenvalue weighted by molar-refractivity contribution is 5.96. The van der Waals surface area contributed by atoms with E-state index in [2.05, 4.69) is 15.7 Å². The van der Waals surface area contributed by atoms with Gasteiger partial charge in [-0.05, 0) is 56.5 Å². The minimum Gasteiger partial charge on any atom is -0.452 e. The predicted octanol–water partition coefficient (Wildman–Crippen LogP) is 3.06. The van der Waals surface area contributed by atoms with Crippen LogP contribution in [0.3, 0.4) is 0 Å². The molecule has 8 nitrogen and oxygen atoms in total. The van der Waals surface area contributed by atoms with Gasteiger partial charge in [-0.3, -0.25) is 10.1 Å². The Balaban J connectivity index is 1.88. The van der Waals surface area contributed by atoms with Crippen LogP contribution in [0, 0.1) is 25.6 Å². The zero-order valence-electron chi connectivity index (χ0n) is 18.1. The zero-order valence-corrected chi connectivity index (χ0v) is 18.1. The zero-order chi connectivity index (χ0) is 23.0. The first kappa shape index (κ1) is 23.8. The third-order valence-corrected chi connectivity index (χ3v) is 4.41. The second-order valence-electron chi connectivity index (χ2n) is 7.40. The van der Waals surface area contributed by atoms with Crippen LogP contribution in [0.15, 0.2) is 30.3 Å². The standard InChI is InChI=1S/C22H27FN4O4/c1-14(2)11-12-24-22(30)25-20(28)13-31-21(29)10-9-19-15(3)26-27(16(19)4)18-7-5-17(23)6-8-18/h5-10,14H,11-13H2,1-4H3,(H2,24,25,28,30)/b10-9+. The summed E-state index contributed by atoms with van der Waals surface area (Å²) in [6, 6.07) is 5.27. The Bertz CT molecular complexity index is 965. The van der Waals surface area contributed by atoms with Crippen molar-refractivity contribution in [1.82, 2.24) is 20.4 Å². The molecule has 3 amide bonds. The maximum atomic E-state index is 13.1. The number of carbonyl (C=O) groups excluding carboxylic acids is 3. The van der Waals surface area contributed by atoms with Crippen LogP contribution >= 0.6 is 0 Å². The number of nitrogens with zero attached hydrogens (tertiary/aromatic N) is 2. The summed E-state index contributed by atoms with van der Waals surface area (Å²) in [5, 5.41) is 9.06. The van der Waals surface area contributed by atoms with E-state index in [1.165, 1.54) is 24.3 Å². The summed E-state index contributed by atoms with van der Waals surface area (Å²) in [7, 11) is 0. The Morgan fingerprint density at radius 1 is 1.19 bits per heavy atom. The fourth-order valence-electron chi connectivity index (χ4n) is 2.75. The number of aromatic nitrogens is 2. The maximum absolute atomic E-state index is 13.1. The number of benzene rings is 1. The molecule has 0 aliphatic rings. The van der Waals surface area contributed by atoms with Crippen molar-refractivity contribution < 1.29 is 23.5 Å². The van der Waals surface area contributed by atoms with Crippen molar-refractivity contribution in [3.63, 3.8) is 0 Å². The molecule has 2 aromatic rings. The van der Waals surface area contributed by atoms with Crippen LogP contribution in [0.2, 0.25) is 0 Å². The third kappa shape index (κ3) is 7.36. The van der Waals surface area contributed by atoms with E-state index in [4.69, 9.17) is 4.74 Å². The molecule has 0 saturated heterocycles. The molecule has 1 heterocycles. The molecule has 1 aromatic carbocycles. The second-order valence-corrected chi connectivity index (χ2v) is 7.40. The average molecular weight is 430 g/mol. The van der Waals surface area contributed by atoms with Crippen molar-refractivity contribution >= 4 is 24.0 Å². The van der Waals surface area contributed by atoms with Gasteiger partial charge in [0.1, 0.15) is 5.82 Å². The lowest BCUT2D eigenvalue weighted by molar-refractivity contribution is -0.143. The first-order chi connectivity index (χ1) is 14.7. The molecule has 0 aliphatic carbocycles. The molecule has 0 spiro atoms. The van der Waals surface area contributed by atoms with Crippen LogP contribution in [0.25, 0.3) is 11.8 Å². The van der Waals surface area contributed by atoms with E-state index in [1.54, 1.807) is 23.7 Å². The van der Waals surface area contributed by atoms with Crippen molar-refractivity contribution in [2.75, 3.05) is 13.2 Å². The molecular weight excluding hydrogens is 403 g/mol. The number of hydrogen-bond donors (Lipinski definition) is 2. The van der Waals surface area contributed by atoms with Crippen LogP contribution < -0.4 is 10.6 Å². The van der Waals surface area contributed by atoms with Gasteiger partial charge in [-0.1, -0.05) is 13.8 Å². The summed E-state index contributed by atoms with van der Waals surface area (Å²) in [6.07, 6.45) is 3.51. The number of nitrogens with one attached hydrogen (secondary N) is 2. The SMILES string of the molecule is Cc1nn(-c2ccc(F)cc2)c(C)c1/C=C/C(=O)OCC(=O)NC(=O)NCCC(C)C. The number of carbonyl (C=O) groups is 3.